The van der Waals surface area contributed by atoms with Crippen LogP contribution in [0.15, 0.2) is 59.8 Å². The summed E-state index contributed by atoms with van der Waals surface area (Å²) < 4.78 is 17.7. The SMILES string of the molecule is CCOC(=O)c1sc(NC(=O)C(C)Sc2nnc(CNC(=O)Cc3ccccc3)n2-c2ccc(OCC)cc2)c(C(=O)OCC)c1C. The monoisotopic (exact) mass is 679 g/mol. The number of anilines is 1. The second kappa shape index (κ2) is 16.7. The molecule has 0 aliphatic rings. The van der Waals surface area contributed by atoms with Gasteiger partial charge in [0.2, 0.25) is 11.8 Å². The summed E-state index contributed by atoms with van der Waals surface area (Å²) >= 11 is 2.10. The fourth-order valence-corrected chi connectivity index (χ4v) is 6.48. The molecule has 1 unspecified atom stereocenters. The van der Waals surface area contributed by atoms with Crippen molar-refractivity contribution in [2.45, 2.75) is 58.0 Å². The number of benzene rings is 2. The predicted molar refractivity (Wildman–Crippen MR) is 179 cm³/mol. The first-order valence-corrected chi connectivity index (χ1v) is 16.8. The Hall–Kier alpha value is -4.69. The predicted octanol–water partition coefficient (Wildman–Crippen LogP) is 5.37. The second-order valence-electron chi connectivity index (χ2n) is 10.1. The van der Waals surface area contributed by atoms with Crippen LogP contribution in [0.3, 0.4) is 0 Å². The van der Waals surface area contributed by atoms with Gasteiger partial charge in [-0.15, -0.1) is 21.5 Å². The Bertz CT molecular complexity index is 1700. The summed E-state index contributed by atoms with van der Waals surface area (Å²) in [7, 11) is 0. The zero-order chi connectivity index (χ0) is 33.9. The van der Waals surface area contributed by atoms with Gasteiger partial charge in [-0.2, -0.15) is 0 Å². The van der Waals surface area contributed by atoms with E-state index >= 15 is 0 Å². The van der Waals surface area contributed by atoms with Crippen molar-refractivity contribution in [2.75, 3.05) is 25.1 Å². The first-order chi connectivity index (χ1) is 22.7. The highest BCUT2D eigenvalue weighted by molar-refractivity contribution is 8.00. The zero-order valence-corrected chi connectivity index (χ0v) is 28.5. The molecule has 0 saturated heterocycles. The molecule has 2 amide bonds. The maximum absolute atomic E-state index is 13.5. The molecule has 0 radical (unpaired) electrons. The van der Waals surface area contributed by atoms with Gasteiger partial charge in [0.15, 0.2) is 11.0 Å². The van der Waals surface area contributed by atoms with Crippen LogP contribution in [0.5, 0.6) is 5.75 Å². The van der Waals surface area contributed by atoms with E-state index in [0.29, 0.717) is 34.6 Å². The quantitative estimate of drug-likeness (QED) is 0.124. The summed E-state index contributed by atoms with van der Waals surface area (Å²) in [4.78, 5) is 51.8. The molecule has 47 heavy (non-hydrogen) atoms. The van der Waals surface area contributed by atoms with Crippen molar-refractivity contribution in [1.82, 2.24) is 20.1 Å². The summed E-state index contributed by atoms with van der Waals surface area (Å²) in [5.41, 5.74) is 2.07. The fraction of sp³-hybridized carbons (Fsp3) is 0.333. The molecule has 2 aromatic carbocycles. The van der Waals surface area contributed by atoms with Gasteiger partial charge in [0, 0.05) is 5.69 Å². The molecular weight excluding hydrogens is 643 g/mol. The molecule has 14 heteroatoms. The van der Waals surface area contributed by atoms with Crippen LogP contribution >= 0.6 is 23.1 Å². The van der Waals surface area contributed by atoms with Crippen LogP contribution < -0.4 is 15.4 Å². The van der Waals surface area contributed by atoms with Gasteiger partial charge in [0.05, 0.1) is 43.6 Å². The third-order valence-corrected chi connectivity index (χ3v) is 8.96. The topological polar surface area (TPSA) is 151 Å². The number of nitrogens with zero attached hydrogens (tertiary/aromatic N) is 3. The third kappa shape index (κ3) is 8.98. The van der Waals surface area contributed by atoms with Gasteiger partial charge in [0.25, 0.3) is 0 Å². The van der Waals surface area contributed by atoms with Gasteiger partial charge in [0.1, 0.15) is 15.6 Å². The number of amides is 2. The van der Waals surface area contributed by atoms with Crippen LogP contribution in [-0.4, -0.2) is 63.6 Å². The van der Waals surface area contributed by atoms with Gasteiger partial charge >= 0.3 is 11.9 Å². The van der Waals surface area contributed by atoms with E-state index in [-0.39, 0.29) is 47.5 Å². The number of hydrogen-bond donors (Lipinski definition) is 2. The highest BCUT2D eigenvalue weighted by Gasteiger charge is 2.29. The number of thioether (sulfide) groups is 1. The molecule has 248 valence electrons. The molecule has 1 atom stereocenters. The lowest BCUT2D eigenvalue weighted by atomic mass is 10.1. The van der Waals surface area contributed by atoms with Crippen LogP contribution in [0.25, 0.3) is 5.69 Å². The van der Waals surface area contributed by atoms with E-state index in [2.05, 4.69) is 20.8 Å². The Morgan fingerprint density at radius 1 is 0.915 bits per heavy atom. The molecule has 4 rings (SSSR count). The van der Waals surface area contributed by atoms with Crippen molar-refractivity contribution in [2.24, 2.45) is 0 Å². The average molecular weight is 680 g/mol. The van der Waals surface area contributed by atoms with E-state index in [1.165, 1.54) is 0 Å². The average Bonchev–Trinajstić information content (AvgIpc) is 3.61. The minimum Gasteiger partial charge on any atom is -0.494 e. The standard InChI is InChI=1S/C33H37N5O7S2/c1-6-43-24-16-14-23(15-17-24)38-25(19-34-26(39)18-22-12-10-9-11-13-22)36-37-33(38)46-21(5)29(40)35-30-27(31(41)44-7-2)20(4)28(47-30)32(42)45-8-3/h9-17,21H,6-8,18-19H2,1-5H3,(H,34,39)(H,35,40). The molecule has 0 fully saturated rings. The van der Waals surface area contributed by atoms with Gasteiger partial charge < -0.3 is 24.8 Å². The summed E-state index contributed by atoms with van der Waals surface area (Å²) in [5, 5.41) is 14.3. The van der Waals surface area contributed by atoms with E-state index in [4.69, 9.17) is 14.2 Å². The molecule has 0 aliphatic heterocycles. The second-order valence-corrected chi connectivity index (χ2v) is 12.4. The lowest BCUT2D eigenvalue weighted by molar-refractivity contribution is -0.120. The lowest BCUT2D eigenvalue weighted by Crippen LogP contribution is -2.26. The van der Waals surface area contributed by atoms with Crippen molar-refractivity contribution in [3.05, 3.63) is 82.0 Å². The van der Waals surface area contributed by atoms with Crippen molar-refractivity contribution in [3.63, 3.8) is 0 Å². The van der Waals surface area contributed by atoms with Crippen molar-refractivity contribution >= 4 is 51.9 Å². The molecule has 2 aromatic heterocycles. The fourth-order valence-electron chi connectivity index (χ4n) is 4.50. The van der Waals surface area contributed by atoms with Crippen LogP contribution in [0.4, 0.5) is 5.00 Å². The van der Waals surface area contributed by atoms with E-state index in [1.54, 1.807) is 32.3 Å². The smallest absolute Gasteiger partial charge is 0.348 e. The molecule has 0 bridgehead atoms. The number of rotatable bonds is 15. The summed E-state index contributed by atoms with van der Waals surface area (Å²) in [6, 6.07) is 16.7. The van der Waals surface area contributed by atoms with Crippen molar-refractivity contribution in [3.8, 4) is 11.4 Å². The molecular formula is C33H37N5O7S2. The zero-order valence-electron chi connectivity index (χ0n) is 26.8. The Labute approximate surface area is 281 Å². The van der Waals surface area contributed by atoms with Crippen LogP contribution in [-0.2, 0) is 32.0 Å². The molecule has 4 aromatic rings. The number of carbonyl (C=O) groups excluding carboxylic acids is 4. The minimum absolute atomic E-state index is 0.0982. The number of thiophene rings is 1. The van der Waals surface area contributed by atoms with Gasteiger partial charge in [-0.3, -0.25) is 14.2 Å². The molecule has 12 nitrogen and oxygen atoms in total. The van der Waals surface area contributed by atoms with E-state index < -0.39 is 23.1 Å². The Morgan fingerprint density at radius 2 is 1.60 bits per heavy atom. The number of carbonyl (C=O) groups is 4. The molecule has 2 heterocycles. The van der Waals surface area contributed by atoms with Crippen LogP contribution in [0, 0.1) is 6.92 Å². The van der Waals surface area contributed by atoms with Crippen molar-refractivity contribution in [1.29, 1.82) is 0 Å². The molecule has 0 spiro atoms. The number of ether oxygens (including phenoxy) is 3. The van der Waals surface area contributed by atoms with E-state index in [9.17, 15) is 19.2 Å². The van der Waals surface area contributed by atoms with Gasteiger partial charge in [-0.05, 0) is 70.0 Å². The summed E-state index contributed by atoms with van der Waals surface area (Å²) in [6.07, 6.45) is 0.213. The molecule has 0 saturated carbocycles. The highest BCUT2D eigenvalue weighted by Crippen LogP contribution is 2.35. The highest BCUT2D eigenvalue weighted by atomic mass is 32.2. The third-order valence-electron chi connectivity index (χ3n) is 6.73. The Morgan fingerprint density at radius 3 is 2.26 bits per heavy atom. The number of nitrogens with one attached hydrogen (secondary N) is 2. The maximum Gasteiger partial charge on any atom is 0.348 e. The number of aromatic nitrogens is 3. The Kier molecular flexibility index (Phi) is 12.5. The van der Waals surface area contributed by atoms with E-state index in [0.717, 1.165) is 28.7 Å². The molecule has 0 aliphatic carbocycles. The van der Waals surface area contributed by atoms with E-state index in [1.807, 2.05) is 61.5 Å². The number of hydrogen-bond acceptors (Lipinski definition) is 11. The van der Waals surface area contributed by atoms with Crippen LogP contribution in [0.2, 0.25) is 0 Å². The molecule has 2 N–H and O–H groups in total. The first kappa shape index (κ1) is 35.2. The van der Waals surface area contributed by atoms with Gasteiger partial charge in [-0.1, -0.05) is 42.1 Å². The van der Waals surface area contributed by atoms with Crippen molar-refractivity contribution < 1.29 is 33.4 Å². The largest absolute Gasteiger partial charge is 0.494 e. The maximum atomic E-state index is 13.5. The van der Waals surface area contributed by atoms with Crippen LogP contribution in [0.1, 0.15) is 64.7 Å². The normalized spacial score (nSPS) is 11.4. The van der Waals surface area contributed by atoms with Gasteiger partial charge in [-0.25, -0.2) is 9.59 Å². The first-order valence-electron chi connectivity index (χ1n) is 15.1. The summed E-state index contributed by atoms with van der Waals surface area (Å²) in [5.74, 6) is -0.698. The Balaban J connectivity index is 1.57. The number of esters is 2. The lowest BCUT2D eigenvalue weighted by Gasteiger charge is -2.15. The summed E-state index contributed by atoms with van der Waals surface area (Å²) in [6.45, 7) is 9.46. The minimum atomic E-state index is -0.718.